The van der Waals surface area contributed by atoms with Crippen molar-refractivity contribution in [3.8, 4) is 0 Å². The molecule has 2 heteroatoms. The lowest BCUT2D eigenvalue weighted by atomic mass is 9.93. The van der Waals surface area contributed by atoms with Crippen molar-refractivity contribution in [3.05, 3.63) is 0 Å². The lowest BCUT2D eigenvalue weighted by Gasteiger charge is -2.15. The van der Waals surface area contributed by atoms with Crippen molar-refractivity contribution in [3.63, 3.8) is 0 Å². The van der Waals surface area contributed by atoms with E-state index in [-0.39, 0.29) is 12.1 Å². The average molecular weight is 284 g/mol. The first kappa shape index (κ1) is 19.5. The Morgan fingerprint density at radius 2 is 1.30 bits per heavy atom. The van der Waals surface area contributed by atoms with Crippen LogP contribution in [0.5, 0.6) is 0 Å². The van der Waals surface area contributed by atoms with Crippen LogP contribution in [0.1, 0.15) is 86.5 Å². The first-order chi connectivity index (χ1) is 9.31. The van der Waals surface area contributed by atoms with Gasteiger partial charge in [-0.25, -0.2) is 0 Å². The Kier molecular flexibility index (Phi) is 10.9. The van der Waals surface area contributed by atoms with E-state index >= 15 is 0 Å². The van der Waals surface area contributed by atoms with Crippen molar-refractivity contribution in [1.29, 1.82) is 0 Å². The van der Waals surface area contributed by atoms with Crippen LogP contribution >= 0.6 is 0 Å². The molecule has 0 aliphatic rings. The second-order valence-corrected chi connectivity index (χ2v) is 7.21. The van der Waals surface area contributed by atoms with Crippen LogP contribution in [0.3, 0.4) is 0 Å². The first-order valence-electron chi connectivity index (χ1n) is 8.50. The summed E-state index contributed by atoms with van der Waals surface area (Å²) in [4.78, 5) is 11.5. The second kappa shape index (κ2) is 11.2. The van der Waals surface area contributed by atoms with E-state index in [1.165, 1.54) is 32.1 Å². The maximum absolute atomic E-state index is 11.5. The van der Waals surface area contributed by atoms with Crippen LogP contribution in [0.4, 0.5) is 0 Å². The maximum atomic E-state index is 11.5. The van der Waals surface area contributed by atoms with Crippen molar-refractivity contribution in [2.45, 2.75) is 92.6 Å². The van der Waals surface area contributed by atoms with Gasteiger partial charge in [-0.1, -0.05) is 66.2 Å². The average Bonchev–Trinajstić information content (AvgIpc) is 2.26. The summed E-state index contributed by atoms with van der Waals surface area (Å²) < 4.78 is 5.18. The van der Waals surface area contributed by atoms with Gasteiger partial charge in [-0.2, -0.15) is 0 Å². The minimum absolute atomic E-state index is 0.00989. The van der Waals surface area contributed by atoms with Gasteiger partial charge in [0.05, 0.1) is 6.10 Å². The van der Waals surface area contributed by atoms with Gasteiger partial charge in [-0.3, -0.25) is 4.79 Å². The first-order valence-corrected chi connectivity index (χ1v) is 8.50. The van der Waals surface area contributed by atoms with Gasteiger partial charge in [0.25, 0.3) is 0 Å². The molecule has 120 valence electrons. The van der Waals surface area contributed by atoms with Gasteiger partial charge < -0.3 is 4.74 Å². The van der Waals surface area contributed by atoms with Crippen molar-refractivity contribution >= 4 is 5.97 Å². The summed E-state index contributed by atoms with van der Waals surface area (Å²) in [7, 11) is 0. The molecular weight excluding hydrogens is 248 g/mol. The Hall–Kier alpha value is -0.530. The number of hydrogen-bond donors (Lipinski definition) is 0. The van der Waals surface area contributed by atoms with E-state index in [2.05, 4.69) is 27.7 Å². The number of ether oxygens (including phenoxy) is 1. The summed E-state index contributed by atoms with van der Waals surface area (Å²) in [6.45, 7) is 12.9. The molecule has 20 heavy (non-hydrogen) atoms. The number of hydrogen-bond acceptors (Lipinski definition) is 2. The summed E-state index contributed by atoms with van der Waals surface area (Å²) >= 11 is 0. The topological polar surface area (TPSA) is 26.3 Å². The largest absolute Gasteiger partial charge is 0.463 e. The molecule has 0 rings (SSSR count). The highest BCUT2D eigenvalue weighted by molar-refractivity contribution is 5.69. The molecule has 0 fully saturated rings. The van der Waals surface area contributed by atoms with Crippen molar-refractivity contribution in [2.24, 2.45) is 17.8 Å². The van der Waals surface area contributed by atoms with Crippen LogP contribution in [0, 0.1) is 17.8 Å². The van der Waals surface area contributed by atoms with E-state index in [1.54, 1.807) is 0 Å². The zero-order valence-corrected chi connectivity index (χ0v) is 14.6. The summed E-state index contributed by atoms with van der Waals surface area (Å²) in [5, 5.41) is 0. The van der Waals surface area contributed by atoms with E-state index in [1.807, 2.05) is 13.8 Å². The Labute approximate surface area is 126 Å². The van der Waals surface area contributed by atoms with E-state index in [0.29, 0.717) is 12.3 Å². The molecule has 0 radical (unpaired) electrons. The van der Waals surface area contributed by atoms with Crippen LogP contribution in [-0.2, 0) is 9.53 Å². The van der Waals surface area contributed by atoms with Gasteiger partial charge in [0.2, 0.25) is 0 Å². The molecule has 0 bridgehead atoms. The van der Waals surface area contributed by atoms with E-state index in [9.17, 15) is 4.79 Å². The molecule has 2 unspecified atom stereocenters. The predicted molar refractivity (Wildman–Crippen MR) is 86.7 cm³/mol. The van der Waals surface area contributed by atoms with E-state index < -0.39 is 0 Å². The molecule has 0 saturated carbocycles. The number of esters is 1. The van der Waals surface area contributed by atoms with Gasteiger partial charge in [-0.05, 0) is 31.6 Å². The molecule has 2 atom stereocenters. The van der Waals surface area contributed by atoms with Crippen LogP contribution < -0.4 is 0 Å². The summed E-state index contributed by atoms with van der Waals surface area (Å²) in [6, 6.07) is 0. The SMILES string of the molecule is CC(C)CCCC(C)CCCC(C)CC(=O)OC(C)C. The quantitative estimate of drug-likeness (QED) is 0.462. The molecule has 0 saturated heterocycles. The highest BCUT2D eigenvalue weighted by Gasteiger charge is 2.12. The number of carbonyl (C=O) groups is 1. The van der Waals surface area contributed by atoms with Gasteiger partial charge in [0.1, 0.15) is 0 Å². The highest BCUT2D eigenvalue weighted by atomic mass is 16.5. The van der Waals surface area contributed by atoms with Crippen molar-refractivity contribution in [1.82, 2.24) is 0 Å². The molecule has 0 aromatic rings. The molecule has 0 heterocycles. The number of carbonyl (C=O) groups excluding carboxylic acids is 1. The molecule has 0 amide bonds. The van der Waals surface area contributed by atoms with E-state index in [4.69, 9.17) is 4.74 Å². The third kappa shape index (κ3) is 12.5. The smallest absolute Gasteiger partial charge is 0.306 e. The Balaban J connectivity index is 3.59. The summed E-state index contributed by atoms with van der Waals surface area (Å²) in [6.07, 6.45) is 8.30. The highest BCUT2D eigenvalue weighted by Crippen LogP contribution is 2.20. The third-order valence-corrected chi connectivity index (χ3v) is 3.75. The molecular formula is C18H36O2. The maximum Gasteiger partial charge on any atom is 0.306 e. The number of rotatable bonds is 11. The van der Waals surface area contributed by atoms with Crippen LogP contribution in [-0.4, -0.2) is 12.1 Å². The van der Waals surface area contributed by atoms with Crippen molar-refractivity contribution < 1.29 is 9.53 Å². The van der Waals surface area contributed by atoms with Crippen molar-refractivity contribution in [2.75, 3.05) is 0 Å². The lowest BCUT2D eigenvalue weighted by Crippen LogP contribution is -2.14. The van der Waals surface area contributed by atoms with Crippen LogP contribution in [0.25, 0.3) is 0 Å². The fourth-order valence-electron chi connectivity index (χ4n) is 2.53. The minimum atomic E-state index is -0.0440. The normalized spacial score (nSPS) is 14.6. The molecule has 0 aliphatic carbocycles. The lowest BCUT2D eigenvalue weighted by molar-refractivity contribution is -0.148. The van der Waals surface area contributed by atoms with Crippen LogP contribution in [0.15, 0.2) is 0 Å². The fourth-order valence-corrected chi connectivity index (χ4v) is 2.53. The molecule has 0 aromatic carbocycles. The fraction of sp³-hybridized carbons (Fsp3) is 0.944. The molecule has 2 nitrogen and oxygen atoms in total. The molecule has 0 N–H and O–H groups in total. The van der Waals surface area contributed by atoms with Gasteiger partial charge in [0, 0.05) is 6.42 Å². The molecule has 0 spiro atoms. The zero-order valence-electron chi connectivity index (χ0n) is 14.6. The Morgan fingerprint density at radius 1 is 0.800 bits per heavy atom. The Morgan fingerprint density at radius 3 is 1.80 bits per heavy atom. The monoisotopic (exact) mass is 284 g/mol. The second-order valence-electron chi connectivity index (χ2n) is 7.21. The molecule has 0 aromatic heterocycles. The van der Waals surface area contributed by atoms with Crippen LogP contribution in [0.2, 0.25) is 0 Å². The summed E-state index contributed by atoms with van der Waals surface area (Å²) in [5.74, 6) is 2.05. The van der Waals surface area contributed by atoms with Gasteiger partial charge >= 0.3 is 5.97 Å². The Bertz CT molecular complexity index is 246. The standard InChI is InChI=1S/C18H36O2/c1-14(2)9-7-10-16(5)11-8-12-17(6)13-18(19)20-15(3)4/h14-17H,7-13H2,1-6H3. The van der Waals surface area contributed by atoms with E-state index in [0.717, 1.165) is 18.3 Å². The third-order valence-electron chi connectivity index (χ3n) is 3.75. The molecule has 0 aliphatic heterocycles. The van der Waals surface area contributed by atoms with Gasteiger partial charge in [-0.15, -0.1) is 0 Å². The minimum Gasteiger partial charge on any atom is -0.463 e. The summed E-state index contributed by atoms with van der Waals surface area (Å²) in [5.41, 5.74) is 0. The predicted octanol–water partition coefficient (Wildman–Crippen LogP) is 5.60. The van der Waals surface area contributed by atoms with Gasteiger partial charge in [0.15, 0.2) is 0 Å². The zero-order chi connectivity index (χ0) is 15.5.